The smallest absolute Gasteiger partial charge is 0.246 e. The Kier molecular flexibility index (Phi) is 5.36. The number of carbonyl (C=O) groups excluding carboxylic acids is 1. The van der Waals surface area contributed by atoms with Crippen LogP contribution in [0.4, 0.5) is 17.2 Å². The minimum absolute atomic E-state index is 0.0292. The summed E-state index contributed by atoms with van der Waals surface area (Å²) in [7, 11) is 0. The number of carbonyl (C=O) groups is 1. The number of morpholine rings is 1. The Labute approximate surface area is 211 Å². The van der Waals surface area contributed by atoms with Crippen LogP contribution in [0.25, 0.3) is 0 Å². The van der Waals surface area contributed by atoms with Gasteiger partial charge in [0.05, 0.1) is 30.2 Å². The van der Waals surface area contributed by atoms with Crippen LogP contribution in [-0.4, -0.2) is 84.2 Å². The normalized spacial score (nSPS) is 22.3. The van der Waals surface area contributed by atoms with E-state index in [1.807, 2.05) is 11.1 Å². The maximum atomic E-state index is 11.8. The van der Waals surface area contributed by atoms with Gasteiger partial charge in [0.1, 0.15) is 12.4 Å². The van der Waals surface area contributed by atoms with Gasteiger partial charge in [0, 0.05) is 74.7 Å². The zero-order valence-electron chi connectivity index (χ0n) is 20.5. The maximum Gasteiger partial charge on any atom is 0.246 e. The molecular formula is C27H32N6O3. The third-order valence-electron chi connectivity index (χ3n) is 8.17. The molecule has 3 saturated heterocycles. The average Bonchev–Trinajstić information content (AvgIpc) is 3.70. The van der Waals surface area contributed by atoms with Crippen molar-refractivity contribution in [3.63, 3.8) is 0 Å². The van der Waals surface area contributed by atoms with Crippen molar-refractivity contribution < 1.29 is 14.3 Å². The van der Waals surface area contributed by atoms with Gasteiger partial charge < -0.3 is 24.6 Å². The van der Waals surface area contributed by atoms with Gasteiger partial charge in [-0.3, -0.25) is 14.7 Å². The molecule has 0 spiro atoms. The fourth-order valence-corrected chi connectivity index (χ4v) is 5.76. The second-order valence-electron chi connectivity index (χ2n) is 10.5. The van der Waals surface area contributed by atoms with Crippen molar-refractivity contribution in [2.75, 3.05) is 62.7 Å². The summed E-state index contributed by atoms with van der Waals surface area (Å²) in [6.45, 7) is 10.9. The molecule has 0 radical (unpaired) electrons. The van der Waals surface area contributed by atoms with E-state index in [1.165, 1.54) is 24.6 Å². The molecule has 9 nitrogen and oxygen atoms in total. The predicted octanol–water partition coefficient (Wildman–Crippen LogP) is 2.62. The van der Waals surface area contributed by atoms with Crippen molar-refractivity contribution in [3.8, 4) is 5.75 Å². The number of hydrogen-bond acceptors (Lipinski definition) is 8. The second-order valence-corrected chi connectivity index (χ2v) is 10.5. The molecule has 36 heavy (non-hydrogen) atoms. The lowest BCUT2D eigenvalue weighted by atomic mass is 9.90. The third-order valence-corrected chi connectivity index (χ3v) is 8.17. The van der Waals surface area contributed by atoms with E-state index in [4.69, 9.17) is 19.4 Å². The molecule has 188 valence electrons. The van der Waals surface area contributed by atoms with Crippen LogP contribution in [0.5, 0.6) is 5.75 Å². The second kappa shape index (κ2) is 8.74. The molecule has 1 amide bonds. The topological polar surface area (TPSA) is 83.1 Å². The zero-order valence-corrected chi connectivity index (χ0v) is 20.5. The lowest BCUT2D eigenvalue weighted by Crippen LogP contribution is -2.65. The first kappa shape index (κ1) is 22.1. The fourth-order valence-electron chi connectivity index (χ4n) is 5.76. The zero-order chi connectivity index (χ0) is 24.2. The minimum atomic E-state index is 0.0292. The number of hydrogen-bond donors (Lipinski definition) is 1. The Hall–Kier alpha value is -3.17. The number of fused-ring (bicyclic) bond motifs is 2. The third kappa shape index (κ3) is 3.81. The van der Waals surface area contributed by atoms with Crippen LogP contribution >= 0.6 is 0 Å². The van der Waals surface area contributed by atoms with Crippen molar-refractivity contribution in [3.05, 3.63) is 47.9 Å². The molecule has 0 unspecified atom stereocenters. The highest BCUT2D eigenvalue weighted by molar-refractivity contribution is 5.87. The first-order chi connectivity index (χ1) is 17.7. The highest BCUT2D eigenvalue weighted by Crippen LogP contribution is 2.49. The maximum absolute atomic E-state index is 11.8. The molecule has 7 rings (SSSR count). The van der Waals surface area contributed by atoms with E-state index in [0.29, 0.717) is 24.5 Å². The number of nitrogens with one attached hydrogen (secondary N) is 1. The van der Waals surface area contributed by atoms with E-state index in [-0.39, 0.29) is 5.91 Å². The van der Waals surface area contributed by atoms with E-state index in [2.05, 4.69) is 33.8 Å². The van der Waals surface area contributed by atoms with Gasteiger partial charge in [-0.05, 0) is 31.1 Å². The Morgan fingerprint density at radius 1 is 1.14 bits per heavy atom. The van der Waals surface area contributed by atoms with Crippen LogP contribution in [0, 0.1) is 0 Å². The van der Waals surface area contributed by atoms with E-state index in [9.17, 15) is 4.79 Å². The number of pyridine rings is 2. The molecule has 0 aromatic carbocycles. The van der Waals surface area contributed by atoms with Gasteiger partial charge in [-0.25, -0.2) is 4.98 Å². The number of amides is 1. The first-order valence-electron chi connectivity index (χ1n) is 13.1. The van der Waals surface area contributed by atoms with Crippen LogP contribution in [0.2, 0.25) is 0 Å². The number of rotatable bonds is 5. The van der Waals surface area contributed by atoms with Gasteiger partial charge in [-0.1, -0.05) is 6.58 Å². The number of aromatic nitrogens is 2. The fraction of sp³-hybridized carbons (Fsp3) is 0.519. The van der Waals surface area contributed by atoms with Crippen molar-refractivity contribution in [1.82, 2.24) is 19.8 Å². The van der Waals surface area contributed by atoms with Crippen LogP contribution in [0.1, 0.15) is 41.6 Å². The highest BCUT2D eigenvalue weighted by Gasteiger charge is 2.42. The number of anilines is 3. The monoisotopic (exact) mass is 488 g/mol. The van der Waals surface area contributed by atoms with E-state index < -0.39 is 0 Å². The molecule has 4 aliphatic heterocycles. The lowest BCUT2D eigenvalue weighted by molar-refractivity contribution is -0.134. The lowest BCUT2D eigenvalue weighted by Gasteiger charge is -2.51. The number of nitrogens with zero attached hydrogens (tertiary/aromatic N) is 5. The summed E-state index contributed by atoms with van der Waals surface area (Å²) < 4.78 is 12.0. The summed E-state index contributed by atoms with van der Waals surface area (Å²) in [5, 5.41) is 3.63. The largest absolute Gasteiger partial charge is 0.485 e. The van der Waals surface area contributed by atoms with E-state index in [1.54, 1.807) is 0 Å². The van der Waals surface area contributed by atoms with Crippen LogP contribution in [0.3, 0.4) is 0 Å². The summed E-state index contributed by atoms with van der Waals surface area (Å²) in [6, 6.07) is 4.71. The van der Waals surface area contributed by atoms with Gasteiger partial charge in [0.2, 0.25) is 5.91 Å². The molecular weight excluding hydrogens is 456 g/mol. The molecule has 2 aromatic rings. The summed E-state index contributed by atoms with van der Waals surface area (Å²) in [4.78, 5) is 28.3. The Balaban J connectivity index is 1.12. The molecule has 6 heterocycles. The van der Waals surface area contributed by atoms with Gasteiger partial charge >= 0.3 is 0 Å². The van der Waals surface area contributed by atoms with E-state index in [0.717, 1.165) is 86.7 Å². The number of likely N-dealkylation sites (tertiary alicyclic amines) is 2. The standard InChI is InChI=1S/C27H32N6O3/c1-2-24(34)33-14-19(15-33)32-12-18(13-32)21-11-22-26(25(29-21)17-3-4-17)36-16-20-23(5-6-28-27(20)30-22)31-7-9-35-10-8-31/h2,5-6,11,17-19H,1,3-4,7-10,12-16H2,(H,28,30). The summed E-state index contributed by atoms with van der Waals surface area (Å²) in [5.74, 6) is 2.67. The Morgan fingerprint density at radius 2 is 1.94 bits per heavy atom. The van der Waals surface area contributed by atoms with Crippen LogP contribution < -0.4 is 15.0 Å². The highest BCUT2D eigenvalue weighted by atomic mass is 16.5. The van der Waals surface area contributed by atoms with Crippen LogP contribution in [0.15, 0.2) is 31.0 Å². The molecule has 1 saturated carbocycles. The molecule has 5 aliphatic rings. The Bertz CT molecular complexity index is 1200. The quantitative estimate of drug-likeness (QED) is 0.644. The van der Waals surface area contributed by atoms with Crippen molar-refractivity contribution >= 4 is 23.1 Å². The molecule has 1 N–H and O–H groups in total. The van der Waals surface area contributed by atoms with E-state index >= 15 is 0 Å². The van der Waals surface area contributed by atoms with Crippen molar-refractivity contribution in [2.24, 2.45) is 0 Å². The number of ether oxygens (including phenoxy) is 2. The Morgan fingerprint density at radius 3 is 2.69 bits per heavy atom. The molecule has 1 aliphatic carbocycles. The van der Waals surface area contributed by atoms with Gasteiger partial charge in [0.25, 0.3) is 0 Å². The van der Waals surface area contributed by atoms with Gasteiger partial charge in [-0.15, -0.1) is 0 Å². The summed E-state index contributed by atoms with van der Waals surface area (Å²) in [5.41, 5.74) is 5.48. The molecule has 0 atom stereocenters. The molecule has 4 fully saturated rings. The SMILES string of the molecule is C=CC(=O)N1CC(N2CC(c3cc4c(c(C5CC5)n3)OCc3c(N5CCOCC5)ccnc3N4)C2)C1. The van der Waals surface area contributed by atoms with Crippen molar-refractivity contribution in [2.45, 2.75) is 37.3 Å². The van der Waals surface area contributed by atoms with Gasteiger partial charge in [-0.2, -0.15) is 0 Å². The summed E-state index contributed by atoms with van der Waals surface area (Å²) >= 11 is 0. The predicted molar refractivity (Wildman–Crippen MR) is 136 cm³/mol. The molecule has 0 bridgehead atoms. The van der Waals surface area contributed by atoms with Crippen molar-refractivity contribution in [1.29, 1.82) is 0 Å². The average molecular weight is 489 g/mol. The summed E-state index contributed by atoms with van der Waals surface area (Å²) in [6.07, 6.45) is 5.62. The first-order valence-corrected chi connectivity index (χ1v) is 13.1. The molecule has 9 heteroatoms. The van der Waals surface area contributed by atoms with Gasteiger partial charge in [0.15, 0.2) is 5.75 Å². The molecule has 2 aromatic heterocycles. The van der Waals surface area contributed by atoms with Crippen LogP contribution in [-0.2, 0) is 16.1 Å². The minimum Gasteiger partial charge on any atom is -0.485 e.